The molecule has 1 amide bonds. The van der Waals surface area contributed by atoms with E-state index in [1.807, 2.05) is 24.3 Å². The molecule has 2 aromatic rings. The maximum absolute atomic E-state index is 12.5. The van der Waals surface area contributed by atoms with Crippen molar-refractivity contribution in [3.63, 3.8) is 0 Å². The number of rotatable bonds is 4. The Morgan fingerprint density at radius 3 is 2.77 bits per heavy atom. The zero-order chi connectivity index (χ0) is 15.4. The number of hydrogen-bond acceptors (Lipinski definition) is 4. The third-order valence-corrected chi connectivity index (χ3v) is 4.09. The van der Waals surface area contributed by atoms with Gasteiger partial charge in [0.2, 0.25) is 0 Å². The third-order valence-electron chi connectivity index (χ3n) is 4.09. The summed E-state index contributed by atoms with van der Waals surface area (Å²) in [4.78, 5) is 16.4. The second-order valence-electron chi connectivity index (χ2n) is 5.73. The van der Waals surface area contributed by atoms with Crippen molar-refractivity contribution in [2.24, 2.45) is 0 Å². The van der Waals surface area contributed by atoms with E-state index in [1.165, 1.54) is 6.33 Å². The molecule has 1 aromatic heterocycles. The minimum absolute atomic E-state index is 0.0582. The summed E-state index contributed by atoms with van der Waals surface area (Å²) < 4.78 is 1.70. The Morgan fingerprint density at radius 2 is 2.05 bits per heavy atom. The molecule has 0 saturated heterocycles. The Bertz CT molecular complexity index is 619. The SMILES string of the molecule is O=C(NC1CCC(O)CC1)c1ccccc1Cn1cncn1. The summed E-state index contributed by atoms with van der Waals surface area (Å²) in [5.74, 6) is -0.0582. The van der Waals surface area contributed by atoms with Crippen LogP contribution in [0.15, 0.2) is 36.9 Å². The van der Waals surface area contributed by atoms with E-state index in [2.05, 4.69) is 15.4 Å². The Hall–Kier alpha value is -2.21. The standard InChI is InChI=1S/C16H20N4O2/c21-14-7-5-13(6-8-14)19-16(22)15-4-2-1-3-12(15)9-20-11-17-10-18-20/h1-4,10-11,13-14,21H,5-9H2,(H,19,22). The van der Waals surface area contributed by atoms with Crippen LogP contribution in [0, 0.1) is 0 Å². The molecule has 6 heteroatoms. The van der Waals surface area contributed by atoms with Crippen molar-refractivity contribution in [1.29, 1.82) is 0 Å². The molecular weight excluding hydrogens is 280 g/mol. The summed E-state index contributed by atoms with van der Waals surface area (Å²) in [6.45, 7) is 0.521. The monoisotopic (exact) mass is 300 g/mol. The van der Waals surface area contributed by atoms with Gasteiger partial charge in [-0.25, -0.2) is 9.67 Å². The molecule has 3 rings (SSSR count). The minimum atomic E-state index is -0.215. The first-order valence-electron chi connectivity index (χ1n) is 7.61. The zero-order valence-electron chi connectivity index (χ0n) is 12.4. The first-order valence-corrected chi connectivity index (χ1v) is 7.61. The van der Waals surface area contributed by atoms with Gasteiger partial charge >= 0.3 is 0 Å². The smallest absolute Gasteiger partial charge is 0.251 e. The Morgan fingerprint density at radius 1 is 1.27 bits per heavy atom. The maximum Gasteiger partial charge on any atom is 0.251 e. The van der Waals surface area contributed by atoms with E-state index in [0.29, 0.717) is 12.1 Å². The van der Waals surface area contributed by atoms with Crippen molar-refractivity contribution in [2.75, 3.05) is 0 Å². The molecular formula is C16H20N4O2. The minimum Gasteiger partial charge on any atom is -0.393 e. The highest BCUT2D eigenvalue weighted by atomic mass is 16.3. The van der Waals surface area contributed by atoms with E-state index in [0.717, 1.165) is 31.2 Å². The molecule has 1 saturated carbocycles. The van der Waals surface area contributed by atoms with E-state index in [9.17, 15) is 9.90 Å². The lowest BCUT2D eigenvalue weighted by Crippen LogP contribution is -2.39. The van der Waals surface area contributed by atoms with Crippen molar-refractivity contribution in [1.82, 2.24) is 20.1 Å². The fourth-order valence-electron chi connectivity index (χ4n) is 2.85. The highest BCUT2D eigenvalue weighted by molar-refractivity contribution is 5.95. The van der Waals surface area contributed by atoms with Crippen molar-refractivity contribution in [2.45, 2.75) is 44.4 Å². The van der Waals surface area contributed by atoms with Crippen LogP contribution >= 0.6 is 0 Å². The number of nitrogens with one attached hydrogen (secondary N) is 1. The van der Waals surface area contributed by atoms with Gasteiger partial charge < -0.3 is 10.4 Å². The van der Waals surface area contributed by atoms with Crippen LogP contribution in [0.3, 0.4) is 0 Å². The second-order valence-corrected chi connectivity index (χ2v) is 5.73. The first-order chi connectivity index (χ1) is 10.7. The fourth-order valence-corrected chi connectivity index (χ4v) is 2.85. The normalized spacial score (nSPS) is 21.5. The van der Waals surface area contributed by atoms with Crippen LogP contribution in [0.5, 0.6) is 0 Å². The van der Waals surface area contributed by atoms with Gasteiger partial charge in [-0.15, -0.1) is 0 Å². The van der Waals surface area contributed by atoms with Crippen LogP contribution in [0.2, 0.25) is 0 Å². The average Bonchev–Trinajstić information content (AvgIpc) is 3.03. The van der Waals surface area contributed by atoms with Gasteiger partial charge in [-0.1, -0.05) is 18.2 Å². The Labute approximate surface area is 129 Å². The molecule has 0 atom stereocenters. The highest BCUT2D eigenvalue weighted by Gasteiger charge is 2.22. The lowest BCUT2D eigenvalue weighted by molar-refractivity contribution is 0.0866. The van der Waals surface area contributed by atoms with Gasteiger partial charge in [-0.2, -0.15) is 5.10 Å². The Kier molecular flexibility index (Phi) is 4.48. The number of nitrogens with zero attached hydrogens (tertiary/aromatic N) is 3. The van der Waals surface area contributed by atoms with Crippen LogP contribution in [0.25, 0.3) is 0 Å². The van der Waals surface area contributed by atoms with Crippen molar-refractivity contribution < 1.29 is 9.90 Å². The lowest BCUT2D eigenvalue weighted by Gasteiger charge is -2.26. The number of hydrogen-bond donors (Lipinski definition) is 2. The molecule has 6 nitrogen and oxygen atoms in total. The predicted molar refractivity (Wildman–Crippen MR) is 81.3 cm³/mol. The Balaban J connectivity index is 1.69. The molecule has 1 fully saturated rings. The molecule has 2 N–H and O–H groups in total. The molecule has 1 aromatic carbocycles. The molecule has 1 aliphatic carbocycles. The molecule has 1 aliphatic rings. The number of carbonyl (C=O) groups excluding carboxylic acids is 1. The van der Waals surface area contributed by atoms with E-state index in [1.54, 1.807) is 11.0 Å². The summed E-state index contributed by atoms with van der Waals surface area (Å²) in [7, 11) is 0. The molecule has 0 unspecified atom stereocenters. The largest absolute Gasteiger partial charge is 0.393 e. The van der Waals surface area contributed by atoms with E-state index in [-0.39, 0.29) is 18.1 Å². The second kappa shape index (κ2) is 6.70. The van der Waals surface area contributed by atoms with Gasteiger partial charge in [0.25, 0.3) is 5.91 Å². The van der Waals surface area contributed by atoms with Crippen LogP contribution in [-0.4, -0.2) is 37.9 Å². The molecule has 0 radical (unpaired) electrons. The molecule has 0 spiro atoms. The molecule has 0 bridgehead atoms. The number of aliphatic hydroxyl groups excluding tert-OH is 1. The van der Waals surface area contributed by atoms with Crippen LogP contribution in [0.4, 0.5) is 0 Å². The van der Waals surface area contributed by atoms with E-state index in [4.69, 9.17) is 0 Å². The summed E-state index contributed by atoms with van der Waals surface area (Å²) in [5.41, 5.74) is 1.59. The summed E-state index contributed by atoms with van der Waals surface area (Å²) in [6.07, 6.45) is 6.08. The van der Waals surface area contributed by atoms with Gasteiger partial charge in [0.1, 0.15) is 12.7 Å². The number of benzene rings is 1. The van der Waals surface area contributed by atoms with Crippen molar-refractivity contribution in [3.05, 3.63) is 48.0 Å². The lowest BCUT2D eigenvalue weighted by atomic mass is 9.93. The van der Waals surface area contributed by atoms with Gasteiger partial charge in [0.15, 0.2) is 0 Å². The van der Waals surface area contributed by atoms with E-state index >= 15 is 0 Å². The topological polar surface area (TPSA) is 80.0 Å². The average molecular weight is 300 g/mol. The first kappa shape index (κ1) is 14.7. The molecule has 0 aliphatic heterocycles. The molecule has 22 heavy (non-hydrogen) atoms. The van der Waals surface area contributed by atoms with Crippen LogP contribution in [-0.2, 0) is 6.54 Å². The molecule has 1 heterocycles. The summed E-state index contributed by atoms with van der Waals surface area (Å²) >= 11 is 0. The van der Waals surface area contributed by atoms with Crippen molar-refractivity contribution >= 4 is 5.91 Å². The summed E-state index contributed by atoms with van der Waals surface area (Å²) in [5, 5.41) is 16.7. The fraction of sp³-hybridized carbons (Fsp3) is 0.438. The zero-order valence-corrected chi connectivity index (χ0v) is 12.4. The van der Waals surface area contributed by atoms with Gasteiger partial charge in [-0.3, -0.25) is 4.79 Å². The predicted octanol–water partition coefficient (Wildman–Crippen LogP) is 1.36. The van der Waals surface area contributed by atoms with E-state index < -0.39 is 0 Å². The summed E-state index contributed by atoms with van der Waals surface area (Å²) in [6, 6.07) is 7.69. The maximum atomic E-state index is 12.5. The van der Waals surface area contributed by atoms with Gasteiger partial charge in [0, 0.05) is 11.6 Å². The van der Waals surface area contributed by atoms with Crippen LogP contribution < -0.4 is 5.32 Å². The van der Waals surface area contributed by atoms with Gasteiger partial charge in [-0.05, 0) is 37.3 Å². The third kappa shape index (κ3) is 3.51. The number of carbonyl (C=O) groups is 1. The quantitative estimate of drug-likeness (QED) is 0.893. The number of aromatic nitrogens is 3. The molecule has 116 valence electrons. The number of amides is 1. The van der Waals surface area contributed by atoms with Crippen molar-refractivity contribution in [3.8, 4) is 0 Å². The van der Waals surface area contributed by atoms with Gasteiger partial charge in [0.05, 0.1) is 12.6 Å². The highest BCUT2D eigenvalue weighted by Crippen LogP contribution is 2.19. The van der Waals surface area contributed by atoms with Crippen LogP contribution in [0.1, 0.15) is 41.6 Å². The number of aliphatic hydroxyl groups is 1.